The van der Waals surface area contributed by atoms with Crippen LogP contribution in [-0.4, -0.2) is 9.55 Å². The summed E-state index contributed by atoms with van der Waals surface area (Å²) < 4.78 is 2.32. The number of nitrogens with zero attached hydrogens (tertiary/aromatic N) is 2. The predicted octanol–water partition coefficient (Wildman–Crippen LogP) is 14.9. The highest BCUT2D eigenvalue weighted by molar-refractivity contribution is 6.34. The molecule has 0 bridgehead atoms. The number of fused-ring (bicyclic) bond motifs is 7. The van der Waals surface area contributed by atoms with Crippen LogP contribution in [0, 0.1) is 0 Å². The second-order valence-electron chi connectivity index (χ2n) is 15.0. The van der Waals surface area contributed by atoms with Gasteiger partial charge in [-0.2, -0.15) is 0 Å². The Kier molecular flexibility index (Phi) is 6.96. The zero-order valence-electron chi connectivity index (χ0n) is 31.0. The maximum absolute atomic E-state index is 5.14. The third-order valence-corrected chi connectivity index (χ3v) is 12.0. The molecule has 0 atom stereocenters. The molecule has 0 spiro atoms. The van der Waals surface area contributed by atoms with Crippen molar-refractivity contribution in [2.24, 2.45) is 0 Å². The molecule has 0 fully saturated rings. The fourth-order valence-electron chi connectivity index (χ4n) is 9.46. The van der Waals surface area contributed by atoms with Crippen LogP contribution in [0.1, 0.15) is 0 Å². The first-order chi connectivity index (χ1) is 28.3. The average molecular weight is 723 g/mol. The first-order valence-electron chi connectivity index (χ1n) is 19.6. The van der Waals surface area contributed by atoms with Gasteiger partial charge in [0.1, 0.15) is 5.82 Å². The molecular formula is C55H34N2. The van der Waals surface area contributed by atoms with Gasteiger partial charge in [-0.3, -0.25) is 4.57 Å². The Morgan fingerprint density at radius 1 is 0.298 bits per heavy atom. The Morgan fingerprint density at radius 2 is 0.825 bits per heavy atom. The van der Waals surface area contributed by atoms with Crippen LogP contribution in [0.15, 0.2) is 206 Å². The highest BCUT2D eigenvalue weighted by Gasteiger charge is 2.19. The molecule has 0 N–H and O–H groups in total. The van der Waals surface area contributed by atoms with Crippen molar-refractivity contribution in [1.82, 2.24) is 9.55 Å². The van der Waals surface area contributed by atoms with Crippen molar-refractivity contribution in [3.05, 3.63) is 206 Å². The molecule has 0 radical (unpaired) electrons. The van der Waals surface area contributed by atoms with Crippen LogP contribution < -0.4 is 0 Å². The SMILES string of the molecule is c1ccc(-c2nc3ccccc3n2-c2ccc(-c3ccc(-c4cccc5c6cccc7ccc8cccc(c9ccccc9c45)c8c76)cc3)c3ccccc23)cc1. The van der Waals surface area contributed by atoms with Crippen molar-refractivity contribution in [3.63, 3.8) is 0 Å². The molecule has 11 aromatic carbocycles. The standard InChI is InChI=1S/C55H34N2/c1-2-13-39(14-3-1)55-56-49-25-8-9-26-51(49)57(55)50-34-33-40(42-17-4-6-19-44(42)50)35-27-29-36(30-28-35)41-21-12-24-48-47-23-11-16-38-32-31-37-15-10-22-45(52(37)53(38)47)43-18-5-7-20-46(43)54(41)48/h1-34H. The summed E-state index contributed by atoms with van der Waals surface area (Å²) >= 11 is 0. The van der Waals surface area contributed by atoms with Crippen LogP contribution in [0.25, 0.3) is 115 Å². The lowest BCUT2D eigenvalue weighted by atomic mass is 9.87. The summed E-state index contributed by atoms with van der Waals surface area (Å²) in [4.78, 5) is 5.14. The van der Waals surface area contributed by atoms with Gasteiger partial charge in [0.25, 0.3) is 0 Å². The van der Waals surface area contributed by atoms with Gasteiger partial charge in [0.2, 0.25) is 0 Å². The minimum atomic E-state index is 0.940. The smallest absolute Gasteiger partial charge is 0.145 e. The van der Waals surface area contributed by atoms with E-state index in [9.17, 15) is 0 Å². The minimum absolute atomic E-state index is 0.940. The second-order valence-corrected chi connectivity index (χ2v) is 15.0. The topological polar surface area (TPSA) is 17.8 Å². The quantitative estimate of drug-likeness (QED) is 0.165. The monoisotopic (exact) mass is 722 g/mol. The number of para-hydroxylation sites is 2. The maximum Gasteiger partial charge on any atom is 0.145 e. The summed E-state index contributed by atoms with van der Waals surface area (Å²) in [6.07, 6.45) is 0. The Morgan fingerprint density at radius 3 is 1.56 bits per heavy atom. The van der Waals surface area contributed by atoms with Gasteiger partial charge in [-0.15, -0.1) is 0 Å². The lowest BCUT2D eigenvalue weighted by molar-refractivity contribution is 1.11. The molecular weight excluding hydrogens is 689 g/mol. The van der Waals surface area contributed by atoms with Crippen molar-refractivity contribution >= 4 is 75.7 Å². The van der Waals surface area contributed by atoms with Crippen LogP contribution in [0.2, 0.25) is 0 Å². The van der Waals surface area contributed by atoms with Gasteiger partial charge >= 0.3 is 0 Å². The van der Waals surface area contributed by atoms with Gasteiger partial charge in [-0.1, -0.05) is 188 Å². The minimum Gasteiger partial charge on any atom is -0.292 e. The predicted molar refractivity (Wildman–Crippen MR) is 242 cm³/mol. The molecule has 2 heteroatoms. The zero-order chi connectivity index (χ0) is 37.5. The molecule has 1 aromatic heterocycles. The number of hydrogen-bond donors (Lipinski definition) is 0. The molecule has 0 unspecified atom stereocenters. The number of imidazole rings is 1. The Bertz CT molecular complexity index is 3560. The van der Waals surface area contributed by atoms with Crippen molar-refractivity contribution in [2.75, 3.05) is 0 Å². The molecule has 264 valence electrons. The molecule has 0 saturated heterocycles. The highest BCUT2D eigenvalue weighted by atomic mass is 15.1. The molecule has 12 rings (SSSR count). The van der Waals surface area contributed by atoms with Crippen LogP contribution in [0.3, 0.4) is 0 Å². The summed E-state index contributed by atoms with van der Waals surface area (Å²) in [5, 5.41) is 15.2. The normalized spacial score (nSPS) is 11.9. The molecule has 12 aromatic rings. The number of benzene rings is 10. The van der Waals surface area contributed by atoms with Gasteiger partial charge in [-0.05, 0) is 99.7 Å². The highest BCUT2D eigenvalue weighted by Crippen LogP contribution is 2.43. The van der Waals surface area contributed by atoms with Crippen molar-refractivity contribution in [2.45, 2.75) is 0 Å². The van der Waals surface area contributed by atoms with E-state index in [1.807, 2.05) is 0 Å². The summed E-state index contributed by atoms with van der Waals surface area (Å²) in [7, 11) is 0. The maximum atomic E-state index is 5.14. The van der Waals surface area contributed by atoms with E-state index in [4.69, 9.17) is 4.98 Å². The van der Waals surface area contributed by atoms with Crippen LogP contribution >= 0.6 is 0 Å². The van der Waals surface area contributed by atoms with Gasteiger partial charge in [0, 0.05) is 10.9 Å². The molecule has 57 heavy (non-hydrogen) atoms. The van der Waals surface area contributed by atoms with E-state index < -0.39 is 0 Å². The van der Waals surface area contributed by atoms with E-state index in [-0.39, 0.29) is 0 Å². The summed E-state index contributed by atoms with van der Waals surface area (Å²) in [6.45, 7) is 0. The summed E-state index contributed by atoms with van der Waals surface area (Å²) in [5.41, 5.74) is 9.10. The Balaban J connectivity index is 1.06. The van der Waals surface area contributed by atoms with E-state index in [1.165, 1.54) is 86.9 Å². The average Bonchev–Trinajstić information content (AvgIpc) is 3.67. The fraction of sp³-hybridized carbons (Fsp3) is 0. The Hall–Kier alpha value is -7.55. The van der Waals surface area contributed by atoms with E-state index in [2.05, 4.69) is 211 Å². The van der Waals surface area contributed by atoms with E-state index in [1.54, 1.807) is 0 Å². The molecule has 1 heterocycles. The number of hydrogen-bond acceptors (Lipinski definition) is 1. The Labute approximate surface area is 329 Å². The first-order valence-corrected chi connectivity index (χ1v) is 19.6. The van der Waals surface area contributed by atoms with Gasteiger partial charge < -0.3 is 0 Å². The molecule has 0 aliphatic heterocycles. The second kappa shape index (κ2) is 12.5. The van der Waals surface area contributed by atoms with Gasteiger partial charge in [0.05, 0.1) is 16.7 Å². The van der Waals surface area contributed by atoms with Gasteiger partial charge in [-0.25, -0.2) is 4.98 Å². The summed E-state index contributed by atoms with van der Waals surface area (Å²) in [5.74, 6) is 0.940. The number of rotatable bonds is 4. The van der Waals surface area contributed by atoms with Crippen molar-refractivity contribution in [3.8, 4) is 39.3 Å². The summed E-state index contributed by atoms with van der Waals surface area (Å²) in [6, 6.07) is 75.3. The van der Waals surface area contributed by atoms with E-state index >= 15 is 0 Å². The van der Waals surface area contributed by atoms with E-state index in [0.29, 0.717) is 0 Å². The van der Waals surface area contributed by atoms with E-state index in [0.717, 1.165) is 28.1 Å². The van der Waals surface area contributed by atoms with Gasteiger partial charge in [0.15, 0.2) is 0 Å². The zero-order valence-corrected chi connectivity index (χ0v) is 31.0. The fourth-order valence-corrected chi connectivity index (χ4v) is 9.46. The van der Waals surface area contributed by atoms with Crippen molar-refractivity contribution in [1.29, 1.82) is 0 Å². The van der Waals surface area contributed by atoms with Crippen LogP contribution in [0.4, 0.5) is 0 Å². The number of aromatic nitrogens is 2. The molecule has 2 nitrogen and oxygen atoms in total. The lowest BCUT2D eigenvalue weighted by Crippen LogP contribution is -1.99. The lowest BCUT2D eigenvalue weighted by Gasteiger charge is -2.17. The largest absolute Gasteiger partial charge is 0.292 e. The molecule has 0 saturated carbocycles. The van der Waals surface area contributed by atoms with Crippen LogP contribution in [0.5, 0.6) is 0 Å². The molecule has 0 aliphatic rings. The van der Waals surface area contributed by atoms with Crippen LogP contribution in [-0.2, 0) is 0 Å². The third kappa shape index (κ3) is 4.81. The molecule has 0 aliphatic carbocycles. The first kappa shape index (κ1) is 31.8. The molecule has 0 amide bonds. The van der Waals surface area contributed by atoms with Crippen molar-refractivity contribution < 1.29 is 0 Å². The third-order valence-electron chi connectivity index (χ3n) is 12.0.